The van der Waals surface area contributed by atoms with Gasteiger partial charge < -0.3 is 14.6 Å². The first-order chi connectivity index (χ1) is 10.1. The molecule has 0 aliphatic heterocycles. The summed E-state index contributed by atoms with van der Waals surface area (Å²) in [6.45, 7) is 5.47. The van der Waals surface area contributed by atoms with E-state index in [1.54, 1.807) is 25.3 Å². The van der Waals surface area contributed by atoms with Crippen molar-refractivity contribution in [1.82, 2.24) is 4.90 Å². The molecule has 5 nitrogen and oxygen atoms in total. The van der Waals surface area contributed by atoms with Crippen molar-refractivity contribution in [3.8, 4) is 11.5 Å². The third kappa shape index (κ3) is 4.11. The van der Waals surface area contributed by atoms with Crippen molar-refractivity contribution in [3.05, 3.63) is 23.8 Å². The van der Waals surface area contributed by atoms with Crippen LogP contribution in [-0.2, 0) is 4.79 Å². The largest absolute Gasteiger partial charge is 0.493 e. The number of likely N-dealkylation sites (N-methyl/N-ethyl adjacent to an activating group) is 1. The van der Waals surface area contributed by atoms with E-state index in [2.05, 4.69) is 6.92 Å². The zero-order valence-electron chi connectivity index (χ0n) is 13.3. The van der Waals surface area contributed by atoms with Crippen molar-refractivity contribution < 1.29 is 19.4 Å². The number of para-hydroxylation sites is 1. The SMILES string of the molecule is CCCCN(CC)C(C(=O)O)c1cccc(OC)c1OC. The molecule has 1 aromatic rings. The fourth-order valence-electron chi connectivity index (χ4n) is 2.44. The average molecular weight is 295 g/mol. The highest BCUT2D eigenvalue weighted by Crippen LogP contribution is 2.37. The molecular formula is C16H25NO4. The minimum Gasteiger partial charge on any atom is -0.493 e. The molecule has 0 amide bonds. The van der Waals surface area contributed by atoms with Crippen molar-refractivity contribution in [3.63, 3.8) is 0 Å². The van der Waals surface area contributed by atoms with Crippen LogP contribution in [0.5, 0.6) is 11.5 Å². The monoisotopic (exact) mass is 295 g/mol. The van der Waals surface area contributed by atoms with E-state index in [1.807, 2.05) is 11.8 Å². The van der Waals surface area contributed by atoms with Gasteiger partial charge in [0.05, 0.1) is 14.2 Å². The molecule has 21 heavy (non-hydrogen) atoms. The predicted molar refractivity (Wildman–Crippen MR) is 82.1 cm³/mol. The number of hydrogen-bond acceptors (Lipinski definition) is 4. The summed E-state index contributed by atoms with van der Waals surface area (Å²) in [5, 5.41) is 9.67. The smallest absolute Gasteiger partial charge is 0.325 e. The maximum absolute atomic E-state index is 11.8. The minimum atomic E-state index is -0.875. The molecule has 0 heterocycles. The van der Waals surface area contributed by atoms with Crippen molar-refractivity contribution in [2.24, 2.45) is 0 Å². The van der Waals surface area contributed by atoms with Gasteiger partial charge in [-0.3, -0.25) is 9.69 Å². The van der Waals surface area contributed by atoms with Gasteiger partial charge >= 0.3 is 5.97 Å². The topological polar surface area (TPSA) is 59.0 Å². The van der Waals surface area contributed by atoms with E-state index >= 15 is 0 Å². The predicted octanol–water partition coefficient (Wildman–Crippen LogP) is 2.95. The lowest BCUT2D eigenvalue weighted by atomic mass is 10.0. The van der Waals surface area contributed by atoms with Gasteiger partial charge in [0.2, 0.25) is 0 Å². The van der Waals surface area contributed by atoms with Gasteiger partial charge in [-0.05, 0) is 25.6 Å². The zero-order valence-corrected chi connectivity index (χ0v) is 13.3. The summed E-state index contributed by atoms with van der Waals surface area (Å²) in [5.74, 6) is 0.162. The van der Waals surface area contributed by atoms with Crippen LogP contribution in [0.25, 0.3) is 0 Å². The average Bonchev–Trinajstić information content (AvgIpc) is 2.50. The second-order valence-electron chi connectivity index (χ2n) is 4.81. The Bertz CT molecular complexity index is 462. The number of ether oxygens (including phenoxy) is 2. The van der Waals surface area contributed by atoms with E-state index in [-0.39, 0.29) is 0 Å². The minimum absolute atomic E-state index is 0.488. The van der Waals surface area contributed by atoms with Gasteiger partial charge in [-0.2, -0.15) is 0 Å². The van der Waals surface area contributed by atoms with E-state index < -0.39 is 12.0 Å². The maximum Gasteiger partial charge on any atom is 0.325 e. The second-order valence-corrected chi connectivity index (χ2v) is 4.81. The summed E-state index contributed by atoms with van der Waals surface area (Å²) < 4.78 is 10.6. The Hall–Kier alpha value is -1.75. The number of hydrogen-bond donors (Lipinski definition) is 1. The summed E-state index contributed by atoms with van der Waals surface area (Å²) in [4.78, 5) is 13.7. The van der Waals surface area contributed by atoms with Gasteiger partial charge in [0.25, 0.3) is 0 Å². The van der Waals surface area contributed by atoms with Gasteiger partial charge in [0.15, 0.2) is 11.5 Å². The van der Waals surface area contributed by atoms with Crippen LogP contribution >= 0.6 is 0 Å². The molecule has 0 aliphatic carbocycles. The lowest BCUT2D eigenvalue weighted by Gasteiger charge is -2.29. The molecule has 1 N–H and O–H groups in total. The number of methoxy groups -OCH3 is 2. The molecule has 0 aliphatic rings. The number of rotatable bonds is 9. The van der Waals surface area contributed by atoms with E-state index in [4.69, 9.17) is 9.47 Å². The molecule has 0 spiro atoms. The van der Waals surface area contributed by atoms with Crippen LogP contribution in [0, 0.1) is 0 Å². The van der Waals surface area contributed by atoms with Gasteiger partial charge in [-0.15, -0.1) is 0 Å². The number of carbonyl (C=O) groups is 1. The Balaban J connectivity index is 3.24. The highest BCUT2D eigenvalue weighted by molar-refractivity contribution is 5.77. The number of benzene rings is 1. The van der Waals surface area contributed by atoms with E-state index in [0.29, 0.717) is 23.6 Å². The number of carboxylic acids is 1. The Morgan fingerprint density at radius 2 is 2.00 bits per heavy atom. The zero-order chi connectivity index (χ0) is 15.8. The summed E-state index contributed by atoms with van der Waals surface area (Å²) in [6.07, 6.45) is 1.99. The maximum atomic E-state index is 11.8. The molecule has 0 saturated carbocycles. The van der Waals surface area contributed by atoms with Gasteiger partial charge in [0.1, 0.15) is 6.04 Å². The van der Waals surface area contributed by atoms with Crippen LogP contribution in [0.3, 0.4) is 0 Å². The lowest BCUT2D eigenvalue weighted by molar-refractivity contribution is -0.143. The lowest BCUT2D eigenvalue weighted by Crippen LogP contribution is -2.35. The van der Waals surface area contributed by atoms with Crippen LogP contribution in [0.15, 0.2) is 18.2 Å². The van der Waals surface area contributed by atoms with Crippen molar-refractivity contribution >= 4 is 5.97 Å². The summed E-state index contributed by atoms with van der Waals surface area (Å²) in [7, 11) is 3.08. The molecule has 5 heteroatoms. The molecule has 0 radical (unpaired) electrons. The highest BCUT2D eigenvalue weighted by Gasteiger charge is 2.30. The molecule has 0 saturated heterocycles. The molecule has 118 valence electrons. The van der Waals surface area contributed by atoms with E-state index in [1.165, 1.54) is 7.11 Å². The van der Waals surface area contributed by atoms with Crippen LogP contribution in [0.1, 0.15) is 38.3 Å². The molecular weight excluding hydrogens is 270 g/mol. The standard InChI is InChI=1S/C16H25NO4/c1-5-7-11-17(6-2)14(16(18)19)12-9-8-10-13(20-3)15(12)21-4/h8-10,14H,5-7,11H2,1-4H3,(H,18,19). The molecule has 0 aromatic heterocycles. The normalized spacial score (nSPS) is 12.2. The molecule has 1 atom stereocenters. The number of nitrogens with zero attached hydrogens (tertiary/aromatic N) is 1. The van der Waals surface area contributed by atoms with Gasteiger partial charge in [-0.1, -0.05) is 32.4 Å². The first-order valence-corrected chi connectivity index (χ1v) is 7.28. The van der Waals surface area contributed by atoms with Gasteiger partial charge in [0, 0.05) is 5.56 Å². The molecule has 0 fully saturated rings. The quantitative estimate of drug-likeness (QED) is 0.759. The fraction of sp³-hybridized carbons (Fsp3) is 0.562. The van der Waals surface area contributed by atoms with Crippen molar-refractivity contribution in [2.75, 3.05) is 27.3 Å². The van der Waals surface area contributed by atoms with Crippen LogP contribution < -0.4 is 9.47 Å². The second kappa shape index (κ2) is 8.52. The first-order valence-electron chi connectivity index (χ1n) is 7.28. The van der Waals surface area contributed by atoms with Crippen molar-refractivity contribution in [2.45, 2.75) is 32.7 Å². The third-order valence-corrected chi connectivity index (χ3v) is 3.53. The highest BCUT2D eigenvalue weighted by atomic mass is 16.5. The first kappa shape index (κ1) is 17.3. The van der Waals surface area contributed by atoms with Crippen LogP contribution in [0.2, 0.25) is 0 Å². The van der Waals surface area contributed by atoms with E-state index in [0.717, 1.165) is 19.4 Å². The molecule has 1 rings (SSSR count). The Morgan fingerprint density at radius 3 is 2.48 bits per heavy atom. The summed E-state index contributed by atoms with van der Waals surface area (Å²) in [5.41, 5.74) is 0.627. The fourth-order valence-corrected chi connectivity index (χ4v) is 2.44. The molecule has 1 aromatic carbocycles. The van der Waals surface area contributed by atoms with Crippen LogP contribution in [-0.4, -0.2) is 43.3 Å². The van der Waals surface area contributed by atoms with Crippen LogP contribution in [0.4, 0.5) is 0 Å². The van der Waals surface area contributed by atoms with Crippen molar-refractivity contribution in [1.29, 1.82) is 0 Å². The number of aliphatic carboxylic acids is 1. The number of carboxylic acid groups (broad SMARTS) is 1. The summed E-state index contributed by atoms with van der Waals surface area (Å²) >= 11 is 0. The Labute approximate surface area is 126 Å². The van der Waals surface area contributed by atoms with Gasteiger partial charge in [-0.25, -0.2) is 0 Å². The molecule has 1 unspecified atom stereocenters. The third-order valence-electron chi connectivity index (χ3n) is 3.53. The Morgan fingerprint density at radius 1 is 1.29 bits per heavy atom. The Kier molecular flexibility index (Phi) is 7.02. The van der Waals surface area contributed by atoms with E-state index in [9.17, 15) is 9.90 Å². The summed E-state index contributed by atoms with van der Waals surface area (Å²) in [6, 6.07) is 4.62. The molecule has 0 bridgehead atoms. The number of unbranched alkanes of at least 4 members (excludes halogenated alkanes) is 1.